The van der Waals surface area contributed by atoms with Crippen LogP contribution in [-0.2, 0) is 11.3 Å². The maximum absolute atomic E-state index is 5.38. The number of imidazole rings is 1. The Morgan fingerprint density at radius 1 is 1.29 bits per heavy atom. The molecule has 2 aromatic rings. The average Bonchev–Trinajstić information content (AvgIpc) is 2.91. The van der Waals surface area contributed by atoms with Crippen molar-refractivity contribution in [3.8, 4) is 0 Å². The molecule has 0 aliphatic heterocycles. The molecule has 0 saturated carbocycles. The lowest BCUT2D eigenvalue weighted by Gasteiger charge is -2.16. The van der Waals surface area contributed by atoms with Crippen LogP contribution in [0.4, 0.5) is 5.95 Å². The normalized spacial score (nSPS) is 12.3. The van der Waals surface area contributed by atoms with Gasteiger partial charge in [-0.05, 0) is 32.8 Å². The second-order valence-corrected chi connectivity index (χ2v) is 5.27. The van der Waals surface area contributed by atoms with E-state index in [4.69, 9.17) is 4.74 Å². The predicted octanol–water partition coefficient (Wildman–Crippen LogP) is 3.79. The van der Waals surface area contributed by atoms with Crippen LogP contribution in [0.2, 0.25) is 0 Å². The zero-order valence-corrected chi connectivity index (χ0v) is 13.2. The van der Waals surface area contributed by atoms with Gasteiger partial charge in [0.1, 0.15) is 0 Å². The fourth-order valence-corrected chi connectivity index (χ4v) is 2.24. The van der Waals surface area contributed by atoms with Crippen molar-refractivity contribution in [1.29, 1.82) is 0 Å². The molecule has 1 heterocycles. The zero-order chi connectivity index (χ0) is 15.1. The van der Waals surface area contributed by atoms with Crippen LogP contribution in [0.1, 0.15) is 37.4 Å². The topological polar surface area (TPSA) is 39.1 Å². The molecular weight excluding hydrogens is 262 g/mol. The van der Waals surface area contributed by atoms with Gasteiger partial charge in [0.2, 0.25) is 5.95 Å². The summed E-state index contributed by atoms with van der Waals surface area (Å²) >= 11 is 0. The highest BCUT2D eigenvalue weighted by atomic mass is 16.5. The van der Waals surface area contributed by atoms with E-state index in [2.05, 4.69) is 53.0 Å². The van der Waals surface area contributed by atoms with Crippen molar-refractivity contribution in [2.45, 2.75) is 39.8 Å². The summed E-state index contributed by atoms with van der Waals surface area (Å²) in [5.74, 6) is 0.916. The minimum atomic E-state index is 0.235. The van der Waals surface area contributed by atoms with Crippen LogP contribution in [0.25, 0.3) is 0 Å². The van der Waals surface area contributed by atoms with Gasteiger partial charge in [0.15, 0.2) is 0 Å². The first-order valence-electron chi connectivity index (χ1n) is 7.62. The summed E-state index contributed by atoms with van der Waals surface area (Å²) in [6, 6.07) is 8.84. The van der Waals surface area contributed by atoms with Crippen molar-refractivity contribution in [2.24, 2.45) is 0 Å². The largest absolute Gasteiger partial charge is 0.382 e. The van der Waals surface area contributed by atoms with Gasteiger partial charge in [-0.25, -0.2) is 4.98 Å². The van der Waals surface area contributed by atoms with Crippen LogP contribution in [0.15, 0.2) is 36.7 Å². The van der Waals surface area contributed by atoms with Crippen LogP contribution >= 0.6 is 0 Å². The molecule has 1 N–H and O–H groups in total. The first-order chi connectivity index (χ1) is 10.2. The maximum Gasteiger partial charge on any atom is 0.203 e. The molecule has 1 aromatic heterocycles. The van der Waals surface area contributed by atoms with Crippen LogP contribution in [-0.4, -0.2) is 22.8 Å². The number of anilines is 1. The summed E-state index contributed by atoms with van der Waals surface area (Å²) < 4.78 is 7.52. The second kappa shape index (κ2) is 7.84. The molecule has 1 aromatic carbocycles. The number of rotatable bonds is 8. The summed E-state index contributed by atoms with van der Waals surface area (Å²) in [4.78, 5) is 4.41. The summed E-state index contributed by atoms with van der Waals surface area (Å²) in [5, 5.41) is 3.48. The molecule has 0 bridgehead atoms. The molecule has 4 heteroatoms. The zero-order valence-electron chi connectivity index (χ0n) is 13.2. The Morgan fingerprint density at radius 3 is 2.76 bits per heavy atom. The van der Waals surface area contributed by atoms with Crippen LogP contribution in [0.3, 0.4) is 0 Å². The molecule has 114 valence electrons. The van der Waals surface area contributed by atoms with E-state index in [1.54, 1.807) is 0 Å². The molecule has 0 fully saturated rings. The van der Waals surface area contributed by atoms with E-state index >= 15 is 0 Å². The van der Waals surface area contributed by atoms with E-state index in [1.165, 1.54) is 11.1 Å². The number of nitrogens with one attached hydrogen (secondary N) is 1. The van der Waals surface area contributed by atoms with Crippen LogP contribution in [0.5, 0.6) is 0 Å². The monoisotopic (exact) mass is 287 g/mol. The lowest BCUT2D eigenvalue weighted by Crippen LogP contribution is -2.12. The fraction of sp³-hybridized carbons (Fsp3) is 0.471. The molecule has 4 nitrogen and oxygen atoms in total. The molecule has 0 aliphatic carbocycles. The Kier molecular flexibility index (Phi) is 5.81. The standard InChI is InChI=1S/C17H25N3O/c1-4-21-13-5-11-20-12-10-18-17(20)19-15(3)16-8-6-14(2)7-9-16/h6-10,12,15H,4-5,11,13H2,1-3H3,(H,18,19). The Bertz CT molecular complexity index is 533. The molecule has 0 spiro atoms. The minimum Gasteiger partial charge on any atom is -0.382 e. The molecule has 2 rings (SSSR count). The van der Waals surface area contributed by atoms with Crippen LogP contribution in [0, 0.1) is 6.92 Å². The predicted molar refractivity (Wildman–Crippen MR) is 86.6 cm³/mol. The SMILES string of the molecule is CCOCCCn1ccnc1NC(C)c1ccc(C)cc1. The lowest BCUT2D eigenvalue weighted by atomic mass is 10.1. The third-order valence-electron chi connectivity index (χ3n) is 3.53. The number of hydrogen-bond acceptors (Lipinski definition) is 3. The van der Waals surface area contributed by atoms with Gasteiger partial charge in [0.25, 0.3) is 0 Å². The molecule has 1 unspecified atom stereocenters. The molecule has 0 radical (unpaired) electrons. The molecule has 0 amide bonds. The smallest absolute Gasteiger partial charge is 0.203 e. The number of aryl methyl sites for hydroxylation is 2. The number of nitrogens with zero attached hydrogens (tertiary/aromatic N) is 2. The third kappa shape index (κ3) is 4.60. The highest BCUT2D eigenvalue weighted by Gasteiger charge is 2.09. The summed E-state index contributed by atoms with van der Waals surface area (Å²) in [7, 11) is 0. The minimum absolute atomic E-state index is 0.235. The molecular formula is C17H25N3O. The number of ether oxygens (including phenoxy) is 1. The van der Waals surface area contributed by atoms with Gasteiger partial charge < -0.3 is 14.6 Å². The average molecular weight is 287 g/mol. The Balaban J connectivity index is 1.93. The summed E-state index contributed by atoms with van der Waals surface area (Å²) in [6.45, 7) is 8.77. The number of benzene rings is 1. The van der Waals surface area contributed by atoms with Gasteiger partial charge in [-0.2, -0.15) is 0 Å². The molecule has 1 atom stereocenters. The quantitative estimate of drug-likeness (QED) is 0.751. The summed E-state index contributed by atoms with van der Waals surface area (Å²) in [6.07, 6.45) is 4.85. The van der Waals surface area contributed by atoms with E-state index in [9.17, 15) is 0 Å². The maximum atomic E-state index is 5.38. The number of aromatic nitrogens is 2. The molecule has 0 aliphatic rings. The molecule has 0 saturated heterocycles. The highest BCUT2D eigenvalue weighted by Crippen LogP contribution is 2.18. The van der Waals surface area contributed by atoms with Gasteiger partial charge in [-0.1, -0.05) is 29.8 Å². The molecule has 21 heavy (non-hydrogen) atoms. The fourth-order valence-electron chi connectivity index (χ4n) is 2.24. The van der Waals surface area contributed by atoms with E-state index < -0.39 is 0 Å². The third-order valence-corrected chi connectivity index (χ3v) is 3.53. The van der Waals surface area contributed by atoms with Crippen molar-refractivity contribution in [1.82, 2.24) is 9.55 Å². The Hall–Kier alpha value is -1.81. The van der Waals surface area contributed by atoms with E-state index in [-0.39, 0.29) is 6.04 Å². The lowest BCUT2D eigenvalue weighted by molar-refractivity contribution is 0.142. The first-order valence-corrected chi connectivity index (χ1v) is 7.62. The summed E-state index contributed by atoms with van der Waals surface area (Å²) in [5.41, 5.74) is 2.55. The Morgan fingerprint density at radius 2 is 2.05 bits per heavy atom. The van der Waals surface area contributed by atoms with Crippen LogP contribution < -0.4 is 5.32 Å². The van der Waals surface area contributed by atoms with Gasteiger partial charge in [0.05, 0.1) is 6.04 Å². The Labute approximate surface area is 127 Å². The first kappa shape index (κ1) is 15.6. The van der Waals surface area contributed by atoms with Crippen molar-refractivity contribution < 1.29 is 4.74 Å². The van der Waals surface area contributed by atoms with E-state index in [0.717, 1.165) is 32.1 Å². The van der Waals surface area contributed by atoms with Gasteiger partial charge >= 0.3 is 0 Å². The highest BCUT2D eigenvalue weighted by molar-refractivity contribution is 5.33. The van der Waals surface area contributed by atoms with Crippen molar-refractivity contribution in [2.75, 3.05) is 18.5 Å². The second-order valence-electron chi connectivity index (χ2n) is 5.27. The van der Waals surface area contributed by atoms with E-state index in [0.29, 0.717) is 0 Å². The van der Waals surface area contributed by atoms with E-state index in [1.807, 2.05) is 19.3 Å². The van der Waals surface area contributed by atoms with Crippen molar-refractivity contribution in [3.05, 3.63) is 47.8 Å². The van der Waals surface area contributed by atoms with Crippen molar-refractivity contribution >= 4 is 5.95 Å². The van der Waals surface area contributed by atoms with Gasteiger partial charge in [0, 0.05) is 32.2 Å². The van der Waals surface area contributed by atoms with Gasteiger partial charge in [-0.3, -0.25) is 0 Å². The number of hydrogen-bond donors (Lipinski definition) is 1. The van der Waals surface area contributed by atoms with Gasteiger partial charge in [-0.15, -0.1) is 0 Å². The van der Waals surface area contributed by atoms with Crippen molar-refractivity contribution in [3.63, 3.8) is 0 Å².